The van der Waals surface area contributed by atoms with Crippen molar-refractivity contribution in [1.82, 2.24) is 24.6 Å². The Labute approximate surface area is 224 Å². The van der Waals surface area contributed by atoms with Gasteiger partial charge in [-0.25, -0.2) is 18.2 Å². The molecule has 206 valence electrons. The molecule has 1 aliphatic heterocycles. The highest BCUT2D eigenvalue weighted by Crippen LogP contribution is 2.44. The Balaban J connectivity index is 1.51. The number of ether oxygens (including phenoxy) is 1. The Bertz CT molecular complexity index is 1500. The van der Waals surface area contributed by atoms with Crippen molar-refractivity contribution in [3.05, 3.63) is 65.0 Å². The number of carbonyl (C=O) groups excluding carboxylic acids is 1. The Morgan fingerprint density at radius 1 is 1.15 bits per heavy atom. The molecule has 1 atom stereocenters. The van der Waals surface area contributed by atoms with E-state index >= 15 is 0 Å². The number of halogens is 6. The molecule has 7 nitrogen and oxygen atoms in total. The number of benzene rings is 1. The van der Waals surface area contributed by atoms with Crippen molar-refractivity contribution in [2.24, 2.45) is 0 Å². The third-order valence-electron chi connectivity index (χ3n) is 6.99. The minimum atomic E-state index is -3.33. The summed E-state index contributed by atoms with van der Waals surface area (Å²) in [5, 5.41) is 4.01. The number of amides is 1. The summed E-state index contributed by atoms with van der Waals surface area (Å²) in [6.07, 6.45) is 4.63. The summed E-state index contributed by atoms with van der Waals surface area (Å²) >= 11 is 6.03. The molecule has 0 radical (unpaired) electrons. The van der Waals surface area contributed by atoms with E-state index in [1.165, 1.54) is 13.1 Å². The van der Waals surface area contributed by atoms with Crippen LogP contribution in [0, 0.1) is 5.82 Å². The van der Waals surface area contributed by atoms with Crippen LogP contribution < -0.4 is 4.74 Å². The summed E-state index contributed by atoms with van der Waals surface area (Å²) in [5.41, 5.74) is 0.947. The van der Waals surface area contributed by atoms with E-state index in [9.17, 15) is 26.7 Å². The van der Waals surface area contributed by atoms with Crippen molar-refractivity contribution in [1.29, 1.82) is 0 Å². The quantitative estimate of drug-likeness (QED) is 0.262. The fourth-order valence-corrected chi connectivity index (χ4v) is 5.30. The van der Waals surface area contributed by atoms with Crippen LogP contribution in [0.15, 0.2) is 43.0 Å². The predicted octanol–water partition coefficient (Wildman–Crippen LogP) is 6.40. The number of alkyl halides is 4. The van der Waals surface area contributed by atoms with Gasteiger partial charge >= 0.3 is 6.61 Å². The number of rotatable bonds is 7. The molecular weight excluding hydrogens is 545 g/mol. The summed E-state index contributed by atoms with van der Waals surface area (Å²) < 4.78 is 75.7. The van der Waals surface area contributed by atoms with Crippen LogP contribution in [0.3, 0.4) is 0 Å². The molecular formula is C26H23ClF5N5O2. The Morgan fingerprint density at radius 2 is 1.90 bits per heavy atom. The molecule has 0 spiro atoms. The summed E-state index contributed by atoms with van der Waals surface area (Å²) in [5.74, 6) is -3.54. The molecule has 1 N–H and O–H groups in total. The lowest BCUT2D eigenvalue weighted by atomic mass is 9.90. The minimum Gasteiger partial charge on any atom is -0.434 e. The number of pyridine rings is 1. The van der Waals surface area contributed by atoms with Gasteiger partial charge in [0.1, 0.15) is 17.2 Å². The van der Waals surface area contributed by atoms with Crippen LogP contribution in [0.2, 0.25) is 5.02 Å². The van der Waals surface area contributed by atoms with Crippen LogP contribution in [0.25, 0.3) is 22.2 Å². The standard InChI is InChI=1S/C26H23ClF5N5O2/c1-13(38)36-6-4-16(5-7-36)37-12-15(10-35-37)14-8-17-18(11-34-25(17)33-9-14)21(24(29)30)22-20(39-26(31)32)3-2-19(28)23(22)27/h2-3,8-12,16,21,24,26H,4-7H2,1H3,(H,33,34)/t21-/m0/s1. The first-order valence-corrected chi connectivity index (χ1v) is 12.5. The van der Waals surface area contributed by atoms with Gasteiger partial charge in [0.05, 0.1) is 23.2 Å². The average Bonchev–Trinajstić information content (AvgIpc) is 3.55. The Hall–Kier alpha value is -3.67. The number of nitrogens with zero attached hydrogens (tertiary/aromatic N) is 4. The maximum absolute atomic E-state index is 14.5. The van der Waals surface area contributed by atoms with E-state index in [0.29, 0.717) is 24.2 Å². The second kappa shape index (κ2) is 10.8. The van der Waals surface area contributed by atoms with Crippen molar-refractivity contribution in [3.8, 4) is 16.9 Å². The van der Waals surface area contributed by atoms with Crippen molar-refractivity contribution >= 4 is 28.5 Å². The zero-order valence-electron chi connectivity index (χ0n) is 20.6. The monoisotopic (exact) mass is 567 g/mol. The first kappa shape index (κ1) is 26.9. The lowest BCUT2D eigenvalue weighted by Gasteiger charge is -2.31. The third kappa shape index (κ3) is 5.29. The van der Waals surface area contributed by atoms with Gasteiger partial charge in [0, 0.05) is 60.7 Å². The number of hydrogen-bond donors (Lipinski definition) is 1. The SMILES string of the molecule is CC(=O)N1CCC(n2cc(-c3cnc4[nH]cc([C@@H](c5c(OC(F)F)ccc(F)c5Cl)C(F)F)c4c3)cn2)CC1. The lowest BCUT2D eigenvalue weighted by molar-refractivity contribution is -0.130. The van der Waals surface area contributed by atoms with Gasteiger partial charge in [-0.3, -0.25) is 9.48 Å². The molecule has 3 aromatic heterocycles. The maximum Gasteiger partial charge on any atom is 0.387 e. The second-order valence-corrected chi connectivity index (χ2v) is 9.65. The van der Waals surface area contributed by atoms with E-state index in [1.54, 1.807) is 23.4 Å². The molecule has 1 aliphatic rings. The van der Waals surface area contributed by atoms with Crippen molar-refractivity contribution < 1.29 is 31.5 Å². The molecule has 1 saturated heterocycles. The maximum atomic E-state index is 14.5. The predicted molar refractivity (Wildman–Crippen MR) is 134 cm³/mol. The highest BCUT2D eigenvalue weighted by atomic mass is 35.5. The normalized spacial score (nSPS) is 15.5. The van der Waals surface area contributed by atoms with Gasteiger partial charge in [0.15, 0.2) is 0 Å². The van der Waals surface area contributed by atoms with Crippen LogP contribution in [0.1, 0.15) is 42.9 Å². The lowest BCUT2D eigenvalue weighted by Crippen LogP contribution is -2.37. The molecule has 5 rings (SSSR count). The van der Waals surface area contributed by atoms with Gasteiger partial charge < -0.3 is 14.6 Å². The first-order chi connectivity index (χ1) is 18.6. The summed E-state index contributed by atoms with van der Waals surface area (Å²) in [7, 11) is 0. The number of carbonyl (C=O) groups is 1. The second-order valence-electron chi connectivity index (χ2n) is 9.27. The van der Waals surface area contributed by atoms with Gasteiger partial charge in [-0.15, -0.1) is 0 Å². The molecule has 0 bridgehead atoms. The topological polar surface area (TPSA) is 76.0 Å². The van der Waals surface area contributed by atoms with Crippen LogP contribution in [0.5, 0.6) is 5.75 Å². The molecule has 13 heteroatoms. The number of aromatic amines is 1. The van der Waals surface area contributed by atoms with Gasteiger partial charge in [-0.1, -0.05) is 11.6 Å². The fourth-order valence-electron chi connectivity index (χ4n) is 5.03. The molecule has 1 amide bonds. The van der Waals surface area contributed by atoms with Crippen LogP contribution in [0.4, 0.5) is 22.0 Å². The van der Waals surface area contributed by atoms with E-state index in [4.69, 9.17) is 11.6 Å². The average molecular weight is 568 g/mol. The van der Waals surface area contributed by atoms with Gasteiger partial charge in [0.2, 0.25) is 12.3 Å². The Kier molecular flexibility index (Phi) is 7.48. The number of piperidine rings is 1. The smallest absolute Gasteiger partial charge is 0.387 e. The third-order valence-corrected chi connectivity index (χ3v) is 7.37. The summed E-state index contributed by atoms with van der Waals surface area (Å²) in [4.78, 5) is 20.5. The van der Waals surface area contributed by atoms with Gasteiger partial charge in [0.25, 0.3) is 0 Å². The number of H-pyrrole nitrogens is 1. The molecule has 1 aromatic carbocycles. The van der Waals surface area contributed by atoms with E-state index in [0.717, 1.165) is 25.0 Å². The minimum absolute atomic E-state index is 0.00929. The molecule has 0 aliphatic carbocycles. The van der Waals surface area contributed by atoms with Crippen molar-refractivity contribution in [3.63, 3.8) is 0 Å². The summed E-state index contributed by atoms with van der Waals surface area (Å²) in [6, 6.07) is 3.36. The number of fused-ring (bicyclic) bond motifs is 1. The highest BCUT2D eigenvalue weighted by molar-refractivity contribution is 6.31. The number of nitrogens with one attached hydrogen (secondary N) is 1. The van der Waals surface area contributed by atoms with E-state index < -0.39 is 41.1 Å². The van der Waals surface area contributed by atoms with E-state index in [2.05, 4.69) is 19.8 Å². The zero-order valence-corrected chi connectivity index (χ0v) is 21.3. The van der Waals surface area contributed by atoms with Crippen LogP contribution in [-0.2, 0) is 4.79 Å². The highest BCUT2D eigenvalue weighted by Gasteiger charge is 2.34. The van der Waals surface area contributed by atoms with Gasteiger partial charge in [-0.05, 0) is 36.6 Å². The molecule has 4 aromatic rings. The molecule has 1 fully saturated rings. The van der Waals surface area contributed by atoms with E-state index in [-0.39, 0.29) is 28.5 Å². The van der Waals surface area contributed by atoms with Gasteiger partial charge in [-0.2, -0.15) is 13.9 Å². The van der Waals surface area contributed by atoms with Crippen LogP contribution in [-0.4, -0.2) is 56.7 Å². The van der Waals surface area contributed by atoms with Crippen molar-refractivity contribution in [2.45, 2.75) is 44.8 Å². The van der Waals surface area contributed by atoms with E-state index in [1.807, 2.05) is 10.9 Å². The Morgan fingerprint density at radius 3 is 2.56 bits per heavy atom. The molecule has 39 heavy (non-hydrogen) atoms. The molecule has 0 unspecified atom stereocenters. The summed E-state index contributed by atoms with van der Waals surface area (Å²) in [6.45, 7) is -0.529. The van der Waals surface area contributed by atoms with Crippen molar-refractivity contribution in [2.75, 3.05) is 13.1 Å². The number of likely N-dealkylation sites (tertiary alicyclic amines) is 1. The molecule has 0 saturated carbocycles. The first-order valence-electron chi connectivity index (χ1n) is 12.1. The molecule has 4 heterocycles. The fraction of sp³-hybridized carbons (Fsp3) is 0.346. The number of aromatic nitrogens is 4. The largest absolute Gasteiger partial charge is 0.434 e. The zero-order chi connectivity index (χ0) is 27.8. The van der Waals surface area contributed by atoms with Crippen LogP contribution >= 0.6 is 11.6 Å². The number of hydrogen-bond acceptors (Lipinski definition) is 4.